The zero-order valence-electron chi connectivity index (χ0n) is 7.18. The topological polar surface area (TPSA) is 9.23 Å². The molecule has 0 spiro atoms. The monoisotopic (exact) mass is 162 g/mol. The van der Waals surface area contributed by atoms with Crippen LogP contribution in [0.4, 0.5) is 0 Å². The lowest BCUT2D eigenvalue weighted by molar-refractivity contribution is -0.000161. The summed E-state index contributed by atoms with van der Waals surface area (Å²) in [6, 6.07) is 0. The maximum absolute atomic E-state index is 5.54. The first-order valence-electron chi connectivity index (χ1n) is 3.87. The van der Waals surface area contributed by atoms with Crippen LogP contribution in [0.15, 0.2) is 0 Å². The van der Waals surface area contributed by atoms with Crippen LogP contribution in [0.25, 0.3) is 0 Å². The van der Waals surface area contributed by atoms with E-state index < -0.39 is 0 Å². The Hall–Kier alpha value is 0.310. The van der Waals surface area contributed by atoms with E-state index in [2.05, 4.69) is 33.4 Å². The third kappa shape index (κ3) is 5.12. The Morgan fingerprint density at radius 2 is 2.00 bits per heavy atom. The second-order valence-electron chi connectivity index (χ2n) is 3.12. The third-order valence-corrected chi connectivity index (χ3v) is 2.13. The maximum Gasteiger partial charge on any atom is 0.0714 e. The minimum atomic E-state index is -0.0434. The molecule has 0 aliphatic heterocycles. The summed E-state index contributed by atoms with van der Waals surface area (Å²) in [5.41, 5.74) is -0.0434. The van der Waals surface area contributed by atoms with Crippen molar-refractivity contribution < 1.29 is 4.74 Å². The van der Waals surface area contributed by atoms with Gasteiger partial charge in [0.15, 0.2) is 0 Å². The van der Waals surface area contributed by atoms with Crippen LogP contribution in [0.5, 0.6) is 0 Å². The minimum absolute atomic E-state index is 0.0434. The van der Waals surface area contributed by atoms with Crippen LogP contribution < -0.4 is 0 Å². The van der Waals surface area contributed by atoms with Gasteiger partial charge in [-0.1, -0.05) is 13.3 Å². The molecule has 0 fully saturated rings. The van der Waals surface area contributed by atoms with Crippen LogP contribution >= 0.6 is 12.6 Å². The van der Waals surface area contributed by atoms with Gasteiger partial charge in [-0.2, -0.15) is 12.6 Å². The van der Waals surface area contributed by atoms with Gasteiger partial charge in [-0.25, -0.2) is 0 Å². The molecule has 0 saturated carbocycles. The summed E-state index contributed by atoms with van der Waals surface area (Å²) in [6.07, 6.45) is 2.35. The van der Waals surface area contributed by atoms with Crippen molar-refractivity contribution in [2.75, 3.05) is 12.4 Å². The van der Waals surface area contributed by atoms with E-state index in [1.165, 1.54) is 6.42 Å². The van der Waals surface area contributed by atoms with E-state index in [1.54, 1.807) is 0 Å². The first-order valence-corrected chi connectivity index (χ1v) is 4.50. The van der Waals surface area contributed by atoms with Crippen molar-refractivity contribution in [1.82, 2.24) is 0 Å². The summed E-state index contributed by atoms with van der Waals surface area (Å²) in [6.45, 7) is 7.16. The van der Waals surface area contributed by atoms with Crippen LogP contribution in [-0.2, 0) is 4.74 Å². The van der Waals surface area contributed by atoms with Gasteiger partial charge in [0.1, 0.15) is 0 Å². The first-order chi connectivity index (χ1) is 4.62. The standard InChI is InChI=1S/C8H18OS/c1-4-5-6-9-8(2,3)7-10/h10H,4-7H2,1-3H3. The summed E-state index contributed by atoms with van der Waals surface area (Å²) in [5.74, 6) is 0.788. The lowest BCUT2D eigenvalue weighted by Gasteiger charge is -2.22. The third-order valence-electron chi connectivity index (χ3n) is 1.37. The van der Waals surface area contributed by atoms with Gasteiger partial charge < -0.3 is 4.74 Å². The Bertz CT molecular complexity index is 81.3. The Kier molecular flexibility index (Phi) is 5.18. The summed E-state index contributed by atoms with van der Waals surface area (Å²) in [4.78, 5) is 0. The molecule has 0 bridgehead atoms. The maximum atomic E-state index is 5.54. The molecule has 0 amide bonds. The number of ether oxygens (including phenoxy) is 1. The molecule has 62 valence electrons. The fourth-order valence-electron chi connectivity index (χ4n) is 0.538. The molecule has 0 heterocycles. The van der Waals surface area contributed by atoms with E-state index in [0.29, 0.717) is 0 Å². The first kappa shape index (κ1) is 10.3. The van der Waals surface area contributed by atoms with Gasteiger partial charge >= 0.3 is 0 Å². The van der Waals surface area contributed by atoms with Gasteiger partial charge in [0, 0.05) is 12.4 Å². The Morgan fingerprint density at radius 1 is 1.40 bits per heavy atom. The van der Waals surface area contributed by atoms with E-state index >= 15 is 0 Å². The smallest absolute Gasteiger partial charge is 0.0714 e. The van der Waals surface area contributed by atoms with E-state index in [4.69, 9.17) is 4.74 Å². The van der Waals surface area contributed by atoms with Crippen molar-refractivity contribution in [2.24, 2.45) is 0 Å². The van der Waals surface area contributed by atoms with Crippen LogP contribution in [-0.4, -0.2) is 18.0 Å². The molecule has 0 aromatic rings. The molecule has 0 rings (SSSR count). The minimum Gasteiger partial charge on any atom is -0.375 e. The molecule has 2 heteroatoms. The lowest BCUT2D eigenvalue weighted by Crippen LogP contribution is -2.26. The Morgan fingerprint density at radius 3 is 2.40 bits per heavy atom. The van der Waals surface area contributed by atoms with E-state index in [9.17, 15) is 0 Å². The zero-order valence-corrected chi connectivity index (χ0v) is 8.08. The number of hydrogen-bond acceptors (Lipinski definition) is 2. The molecular formula is C8H18OS. The molecule has 0 unspecified atom stereocenters. The molecule has 1 nitrogen and oxygen atoms in total. The predicted molar refractivity (Wildman–Crippen MR) is 48.8 cm³/mol. The number of rotatable bonds is 5. The van der Waals surface area contributed by atoms with Gasteiger partial charge in [-0.15, -0.1) is 0 Å². The van der Waals surface area contributed by atoms with Gasteiger partial charge in [-0.3, -0.25) is 0 Å². The van der Waals surface area contributed by atoms with Gasteiger partial charge in [-0.05, 0) is 20.3 Å². The average molecular weight is 162 g/mol. The van der Waals surface area contributed by atoms with Gasteiger partial charge in [0.25, 0.3) is 0 Å². The highest BCUT2D eigenvalue weighted by Gasteiger charge is 2.14. The fraction of sp³-hybridized carbons (Fsp3) is 1.00. The predicted octanol–water partition coefficient (Wildman–Crippen LogP) is 2.51. The normalized spacial score (nSPS) is 12.0. The quantitative estimate of drug-likeness (QED) is 0.483. The van der Waals surface area contributed by atoms with Crippen molar-refractivity contribution in [1.29, 1.82) is 0 Å². The molecule has 0 aromatic carbocycles. The highest BCUT2D eigenvalue weighted by atomic mass is 32.1. The molecule has 10 heavy (non-hydrogen) atoms. The summed E-state index contributed by atoms with van der Waals surface area (Å²) < 4.78 is 5.54. The zero-order chi connectivity index (χ0) is 8.04. The summed E-state index contributed by atoms with van der Waals surface area (Å²) >= 11 is 4.18. The Labute approximate surface area is 69.6 Å². The number of thiol groups is 1. The largest absolute Gasteiger partial charge is 0.375 e. The molecule has 0 aliphatic carbocycles. The van der Waals surface area contributed by atoms with Gasteiger partial charge in [0.2, 0.25) is 0 Å². The highest BCUT2D eigenvalue weighted by molar-refractivity contribution is 7.80. The molecule has 0 radical (unpaired) electrons. The molecule has 0 N–H and O–H groups in total. The molecule has 0 saturated heterocycles. The summed E-state index contributed by atoms with van der Waals surface area (Å²) in [7, 11) is 0. The van der Waals surface area contributed by atoms with Crippen LogP contribution in [0.3, 0.4) is 0 Å². The molecule has 0 aromatic heterocycles. The average Bonchev–Trinajstić information content (AvgIpc) is 1.89. The summed E-state index contributed by atoms with van der Waals surface area (Å²) in [5, 5.41) is 0. The van der Waals surface area contributed by atoms with Crippen molar-refractivity contribution >= 4 is 12.6 Å². The fourth-order valence-corrected chi connectivity index (χ4v) is 0.630. The van der Waals surface area contributed by atoms with Crippen molar-refractivity contribution in [3.05, 3.63) is 0 Å². The van der Waals surface area contributed by atoms with Crippen LogP contribution in [0.2, 0.25) is 0 Å². The highest BCUT2D eigenvalue weighted by Crippen LogP contribution is 2.11. The molecule has 0 aliphatic rings. The Balaban J connectivity index is 3.28. The van der Waals surface area contributed by atoms with Gasteiger partial charge in [0.05, 0.1) is 5.60 Å². The van der Waals surface area contributed by atoms with Crippen molar-refractivity contribution in [3.8, 4) is 0 Å². The second-order valence-corrected chi connectivity index (χ2v) is 3.44. The lowest BCUT2D eigenvalue weighted by atomic mass is 10.2. The SMILES string of the molecule is CCCCOC(C)(C)CS. The van der Waals surface area contributed by atoms with Crippen molar-refractivity contribution in [2.45, 2.75) is 39.2 Å². The van der Waals surface area contributed by atoms with E-state index in [0.717, 1.165) is 18.8 Å². The second kappa shape index (κ2) is 5.03. The molecule has 0 atom stereocenters. The molecular weight excluding hydrogens is 144 g/mol. The van der Waals surface area contributed by atoms with E-state index in [-0.39, 0.29) is 5.60 Å². The van der Waals surface area contributed by atoms with Crippen LogP contribution in [0, 0.1) is 0 Å². The number of hydrogen-bond donors (Lipinski definition) is 1. The van der Waals surface area contributed by atoms with Crippen LogP contribution in [0.1, 0.15) is 33.6 Å². The number of unbranched alkanes of at least 4 members (excludes halogenated alkanes) is 1. The van der Waals surface area contributed by atoms with Crippen molar-refractivity contribution in [3.63, 3.8) is 0 Å². The van der Waals surface area contributed by atoms with E-state index in [1.807, 2.05) is 0 Å².